The first-order valence-electron chi connectivity index (χ1n) is 4.76. The fourth-order valence-electron chi connectivity index (χ4n) is 1.36. The molecule has 0 aliphatic rings. The van der Waals surface area contributed by atoms with Gasteiger partial charge in [-0.15, -0.1) is 10.2 Å². The second kappa shape index (κ2) is 5.35. The second-order valence-electron chi connectivity index (χ2n) is 3.45. The molecule has 2 heterocycles. The first kappa shape index (κ1) is 11.5. The summed E-state index contributed by atoms with van der Waals surface area (Å²) in [7, 11) is 2.06. The summed E-state index contributed by atoms with van der Waals surface area (Å²) in [4.78, 5) is 2.20. The van der Waals surface area contributed by atoms with Gasteiger partial charge in [-0.1, -0.05) is 11.3 Å². The summed E-state index contributed by atoms with van der Waals surface area (Å²) in [6, 6.07) is 2.13. The van der Waals surface area contributed by atoms with Crippen molar-refractivity contribution in [3.05, 3.63) is 27.4 Å². The van der Waals surface area contributed by atoms with E-state index in [1.807, 2.05) is 0 Å². The Labute approximate surface area is 102 Å². The van der Waals surface area contributed by atoms with Crippen LogP contribution in [0.15, 0.2) is 16.8 Å². The summed E-state index contributed by atoms with van der Waals surface area (Å²) in [6.45, 7) is 1.71. The van der Waals surface area contributed by atoms with E-state index in [0.717, 1.165) is 18.1 Å². The molecule has 16 heavy (non-hydrogen) atoms. The molecule has 0 saturated carbocycles. The average molecular weight is 255 g/mol. The molecule has 0 atom stereocenters. The smallest absolute Gasteiger partial charge is 0.219 e. The highest BCUT2D eigenvalue weighted by Crippen LogP contribution is 2.16. The zero-order chi connectivity index (χ0) is 11.4. The van der Waals surface area contributed by atoms with Crippen molar-refractivity contribution in [1.29, 1.82) is 0 Å². The molecule has 2 aromatic heterocycles. The Morgan fingerprint density at radius 2 is 2.31 bits per heavy atom. The fourth-order valence-corrected chi connectivity index (χ4v) is 2.75. The third-order valence-corrected chi connectivity index (χ3v) is 3.60. The van der Waals surface area contributed by atoms with E-state index in [1.54, 1.807) is 11.3 Å². The van der Waals surface area contributed by atoms with Crippen LogP contribution in [0.4, 0.5) is 5.13 Å². The van der Waals surface area contributed by atoms with Gasteiger partial charge in [-0.05, 0) is 29.4 Å². The largest absolute Gasteiger partial charge is 0.298 e. The predicted molar refractivity (Wildman–Crippen MR) is 67.2 cm³/mol. The molecule has 0 radical (unpaired) electrons. The molecule has 0 fully saturated rings. The number of nitrogens with two attached hydrogens (primary N) is 1. The zero-order valence-electron chi connectivity index (χ0n) is 8.88. The Balaban J connectivity index is 1.89. The van der Waals surface area contributed by atoms with Gasteiger partial charge in [-0.25, -0.2) is 5.84 Å². The van der Waals surface area contributed by atoms with Gasteiger partial charge in [0.2, 0.25) is 5.13 Å². The number of hydrogen-bond acceptors (Lipinski definition) is 7. The lowest BCUT2D eigenvalue weighted by Crippen LogP contribution is -2.16. The Morgan fingerprint density at radius 1 is 1.44 bits per heavy atom. The summed E-state index contributed by atoms with van der Waals surface area (Å²) in [5.74, 6) is 5.25. The van der Waals surface area contributed by atoms with Crippen LogP contribution >= 0.6 is 22.7 Å². The van der Waals surface area contributed by atoms with Crippen molar-refractivity contribution < 1.29 is 0 Å². The highest BCUT2D eigenvalue weighted by molar-refractivity contribution is 7.15. The molecule has 0 saturated heterocycles. The molecule has 86 valence electrons. The third kappa shape index (κ3) is 2.99. The Morgan fingerprint density at radius 3 is 2.94 bits per heavy atom. The van der Waals surface area contributed by atoms with Crippen LogP contribution in [0.3, 0.4) is 0 Å². The van der Waals surface area contributed by atoms with Crippen molar-refractivity contribution in [2.75, 3.05) is 12.5 Å². The van der Waals surface area contributed by atoms with Crippen LogP contribution < -0.4 is 11.3 Å². The van der Waals surface area contributed by atoms with E-state index in [2.05, 4.69) is 44.4 Å². The Bertz CT molecular complexity index is 425. The summed E-state index contributed by atoms with van der Waals surface area (Å²) in [5.41, 5.74) is 3.82. The molecule has 0 spiro atoms. The van der Waals surface area contributed by atoms with Crippen LogP contribution in [0.25, 0.3) is 0 Å². The van der Waals surface area contributed by atoms with Gasteiger partial charge in [0.05, 0.1) is 6.54 Å². The van der Waals surface area contributed by atoms with Crippen molar-refractivity contribution in [2.24, 2.45) is 5.84 Å². The molecule has 0 unspecified atom stereocenters. The third-order valence-electron chi connectivity index (χ3n) is 2.03. The van der Waals surface area contributed by atoms with E-state index in [0.29, 0.717) is 5.13 Å². The Kier molecular flexibility index (Phi) is 3.83. The molecule has 2 aromatic rings. The van der Waals surface area contributed by atoms with Gasteiger partial charge < -0.3 is 0 Å². The number of hydrazine groups is 1. The summed E-state index contributed by atoms with van der Waals surface area (Å²) in [5, 5.41) is 13.8. The van der Waals surface area contributed by atoms with Gasteiger partial charge in [0.15, 0.2) is 0 Å². The lowest BCUT2D eigenvalue weighted by molar-refractivity contribution is 0.318. The minimum Gasteiger partial charge on any atom is -0.298 e. The summed E-state index contributed by atoms with van der Waals surface area (Å²) < 4.78 is 0. The average Bonchev–Trinajstić information content (AvgIpc) is 2.89. The number of nitrogens with one attached hydrogen (secondary N) is 1. The molecular formula is C9H13N5S2. The van der Waals surface area contributed by atoms with E-state index >= 15 is 0 Å². The lowest BCUT2D eigenvalue weighted by Gasteiger charge is -2.13. The summed E-state index contributed by atoms with van der Waals surface area (Å²) >= 11 is 3.19. The monoisotopic (exact) mass is 255 g/mol. The van der Waals surface area contributed by atoms with E-state index in [-0.39, 0.29) is 0 Å². The topological polar surface area (TPSA) is 67.1 Å². The van der Waals surface area contributed by atoms with Crippen molar-refractivity contribution in [3.63, 3.8) is 0 Å². The van der Waals surface area contributed by atoms with E-state index in [4.69, 9.17) is 5.84 Å². The van der Waals surface area contributed by atoms with Gasteiger partial charge in [-0.2, -0.15) is 11.3 Å². The number of anilines is 1. The fraction of sp³-hybridized carbons (Fsp3) is 0.333. The van der Waals surface area contributed by atoms with E-state index in [1.165, 1.54) is 16.9 Å². The number of rotatable bonds is 5. The minimum atomic E-state index is 0.652. The standard InChI is InChI=1S/C9H13N5S2/c1-14(4-7-2-3-15-6-7)5-8-12-13-9(11-10)16-8/h2-3,6H,4-5,10H2,1H3,(H,11,13). The van der Waals surface area contributed by atoms with Crippen LogP contribution in [-0.2, 0) is 13.1 Å². The maximum absolute atomic E-state index is 5.25. The molecule has 0 bridgehead atoms. The highest BCUT2D eigenvalue weighted by atomic mass is 32.1. The Hall–Kier alpha value is -1.02. The molecule has 0 amide bonds. The molecular weight excluding hydrogens is 242 g/mol. The van der Waals surface area contributed by atoms with Crippen molar-refractivity contribution in [3.8, 4) is 0 Å². The molecule has 7 heteroatoms. The number of thiophene rings is 1. The number of nitrogens with zero attached hydrogens (tertiary/aromatic N) is 3. The lowest BCUT2D eigenvalue weighted by atomic mass is 10.3. The maximum atomic E-state index is 5.25. The normalized spacial score (nSPS) is 10.9. The molecule has 0 aliphatic carbocycles. The first-order chi connectivity index (χ1) is 7.78. The van der Waals surface area contributed by atoms with E-state index < -0.39 is 0 Å². The van der Waals surface area contributed by atoms with Gasteiger partial charge in [0, 0.05) is 6.54 Å². The van der Waals surface area contributed by atoms with Gasteiger partial charge in [0.25, 0.3) is 0 Å². The maximum Gasteiger partial charge on any atom is 0.219 e. The van der Waals surface area contributed by atoms with Gasteiger partial charge in [0.1, 0.15) is 5.01 Å². The van der Waals surface area contributed by atoms with Crippen LogP contribution in [0.5, 0.6) is 0 Å². The second-order valence-corrected chi connectivity index (χ2v) is 5.29. The van der Waals surface area contributed by atoms with E-state index in [9.17, 15) is 0 Å². The van der Waals surface area contributed by atoms with Crippen molar-refractivity contribution in [1.82, 2.24) is 15.1 Å². The molecule has 0 aromatic carbocycles. The number of aromatic nitrogens is 2. The van der Waals surface area contributed by atoms with Crippen molar-refractivity contribution >= 4 is 27.8 Å². The summed E-state index contributed by atoms with van der Waals surface area (Å²) in [6.07, 6.45) is 0. The van der Waals surface area contributed by atoms with Gasteiger partial charge >= 0.3 is 0 Å². The van der Waals surface area contributed by atoms with Crippen molar-refractivity contribution in [2.45, 2.75) is 13.1 Å². The highest BCUT2D eigenvalue weighted by Gasteiger charge is 2.07. The number of nitrogen functional groups attached to an aromatic ring is 1. The molecule has 5 nitrogen and oxygen atoms in total. The van der Waals surface area contributed by atoms with Crippen LogP contribution in [-0.4, -0.2) is 22.1 Å². The zero-order valence-corrected chi connectivity index (χ0v) is 10.5. The van der Waals surface area contributed by atoms with Crippen LogP contribution in [0, 0.1) is 0 Å². The van der Waals surface area contributed by atoms with Crippen LogP contribution in [0.2, 0.25) is 0 Å². The molecule has 0 aliphatic heterocycles. The molecule has 2 rings (SSSR count). The molecule has 3 N–H and O–H groups in total. The predicted octanol–water partition coefficient (Wildman–Crippen LogP) is 1.52. The minimum absolute atomic E-state index is 0.652. The quantitative estimate of drug-likeness (QED) is 0.626. The first-order valence-corrected chi connectivity index (χ1v) is 6.52. The number of hydrogen-bond donors (Lipinski definition) is 2. The van der Waals surface area contributed by atoms with Gasteiger partial charge in [-0.3, -0.25) is 10.3 Å². The SMILES string of the molecule is CN(Cc1ccsc1)Cc1nnc(NN)s1. The van der Waals surface area contributed by atoms with Crippen LogP contribution in [0.1, 0.15) is 10.6 Å².